The van der Waals surface area contributed by atoms with Gasteiger partial charge in [-0.1, -0.05) is 43.8 Å². The van der Waals surface area contributed by atoms with Crippen molar-refractivity contribution in [2.45, 2.75) is 38.2 Å². The van der Waals surface area contributed by atoms with E-state index in [0.717, 1.165) is 36.2 Å². The first kappa shape index (κ1) is 21.2. The fourth-order valence-electron chi connectivity index (χ4n) is 3.69. The molecule has 0 amide bonds. The highest BCUT2D eigenvalue weighted by molar-refractivity contribution is 5.72. The van der Waals surface area contributed by atoms with Crippen LogP contribution in [0.1, 0.15) is 36.5 Å². The summed E-state index contributed by atoms with van der Waals surface area (Å²) in [5.41, 5.74) is 1.98. The highest BCUT2D eigenvalue weighted by Gasteiger charge is 2.35. The molecule has 3 rings (SSSR count). The van der Waals surface area contributed by atoms with Gasteiger partial charge in [0.2, 0.25) is 0 Å². The minimum atomic E-state index is -2.85. The van der Waals surface area contributed by atoms with Gasteiger partial charge in [0.25, 0.3) is 5.92 Å². The molecule has 0 saturated carbocycles. The summed E-state index contributed by atoms with van der Waals surface area (Å²) >= 11 is 0. The Bertz CT molecular complexity index is 814. The standard InChI is InChI=1S/C22H29F2N5/c1-4-16-6-8-17(9-7-16)22(23,24)14-29-12-10-18(11-13-29)28-21-19(5-2)20(25-3)26-15-27-21/h5-9,15,18H,2,4,10-14H2,1,3H3,(H2,25,26,27,28). The van der Waals surface area contributed by atoms with Crippen LogP contribution in [0.5, 0.6) is 0 Å². The molecule has 0 spiro atoms. The number of nitrogens with one attached hydrogen (secondary N) is 2. The molecule has 0 bridgehead atoms. The van der Waals surface area contributed by atoms with Crippen LogP contribution in [0.25, 0.3) is 6.08 Å². The third-order valence-electron chi connectivity index (χ3n) is 5.46. The second-order valence-corrected chi connectivity index (χ2v) is 7.39. The van der Waals surface area contributed by atoms with Gasteiger partial charge in [-0.25, -0.2) is 9.97 Å². The zero-order valence-corrected chi connectivity index (χ0v) is 17.1. The molecule has 0 unspecified atom stereocenters. The SMILES string of the molecule is C=Cc1c(NC)ncnc1NC1CCN(CC(F)(F)c2ccc(CC)cc2)CC1. The topological polar surface area (TPSA) is 53.1 Å². The molecule has 1 saturated heterocycles. The van der Waals surface area contributed by atoms with Gasteiger partial charge < -0.3 is 10.6 Å². The van der Waals surface area contributed by atoms with E-state index in [-0.39, 0.29) is 18.2 Å². The fraction of sp³-hybridized carbons (Fsp3) is 0.455. The number of piperidine rings is 1. The Morgan fingerprint density at radius 1 is 1.17 bits per heavy atom. The number of hydrogen-bond donors (Lipinski definition) is 2. The number of anilines is 2. The van der Waals surface area contributed by atoms with Crippen molar-refractivity contribution in [2.24, 2.45) is 0 Å². The maximum atomic E-state index is 14.7. The molecule has 1 fully saturated rings. The van der Waals surface area contributed by atoms with Crippen molar-refractivity contribution in [1.82, 2.24) is 14.9 Å². The van der Waals surface area contributed by atoms with Crippen molar-refractivity contribution in [3.05, 3.63) is 53.9 Å². The lowest BCUT2D eigenvalue weighted by Gasteiger charge is -2.35. The number of halogens is 2. The molecule has 0 radical (unpaired) electrons. The minimum absolute atomic E-state index is 0.0890. The molecule has 1 aromatic carbocycles. The average molecular weight is 402 g/mol. The molecule has 0 aliphatic carbocycles. The predicted octanol–water partition coefficient (Wildman–Crippen LogP) is 4.39. The van der Waals surface area contributed by atoms with E-state index in [4.69, 9.17) is 0 Å². The number of nitrogens with zero attached hydrogens (tertiary/aromatic N) is 3. The Balaban J connectivity index is 1.57. The summed E-state index contributed by atoms with van der Waals surface area (Å²) in [6.45, 7) is 6.84. The van der Waals surface area contributed by atoms with E-state index in [1.807, 2.05) is 11.8 Å². The van der Waals surface area contributed by atoms with Gasteiger partial charge in [0.05, 0.1) is 12.1 Å². The minimum Gasteiger partial charge on any atom is -0.372 e. The number of rotatable bonds is 8. The maximum Gasteiger partial charge on any atom is 0.285 e. The van der Waals surface area contributed by atoms with Crippen molar-refractivity contribution < 1.29 is 8.78 Å². The molecule has 1 aromatic heterocycles. The highest BCUT2D eigenvalue weighted by atomic mass is 19.3. The van der Waals surface area contributed by atoms with Crippen LogP contribution in [0.4, 0.5) is 20.4 Å². The third kappa shape index (κ3) is 5.09. The molecular formula is C22H29F2N5. The zero-order valence-electron chi connectivity index (χ0n) is 17.1. The number of aryl methyl sites for hydroxylation is 1. The Morgan fingerprint density at radius 2 is 1.83 bits per heavy atom. The smallest absolute Gasteiger partial charge is 0.285 e. The number of aromatic nitrogens is 2. The van der Waals surface area contributed by atoms with Gasteiger partial charge in [-0.3, -0.25) is 4.90 Å². The summed E-state index contributed by atoms with van der Waals surface area (Å²) in [6.07, 6.45) is 5.62. The van der Waals surface area contributed by atoms with E-state index >= 15 is 0 Å². The Labute approximate surface area is 171 Å². The molecule has 156 valence electrons. The first-order valence-corrected chi connectivity index (χ1v) is 10.1. The predicted molar refractivity (Wildman–Crippen MR) is 114 cm³/mol. The molecule has 29 heavy (non-hydrogen) atoms. The molecule has 1 aliphatic heterocycles. The van der Waals surface area contributed by atoms with Crippen molar-refractivity contribution in [1.29, 1.82) is 0 Å². The number of alkyl halides is 2. The summed E-state index contributed by atoms with van der Waals surface area (Å²) in [5.74, 6) is -1.42. The van der Waals surface area contributed by atoms with Crippen LogP contribution in [-0.4, -0.2) is 47.6 Å². The molecule has 7 heteroatoms. The second kappa shape index (κ2) is 9.31. The molecule has 2 N–H and O–H groups in total. The molecular weight excluding hydrogens is 372 g/mol. The second-order valence-electron chi connectivity index (χ2n) is 7.39. The van der Waals surface area contributed by atoms with Crippen molar-refractivity contribution >= 4 is 17.7 Å². The lowest BCUT2D eigenvalue weighted by atomic mass is 10.0. The van der Waals surface area contributed by atoms with Crippen LogP contribution >= 0.6 is 0 Å². The van der Waals surface area contributed by atoms with Crippen LogP contribution < -0.4 is 10.6 Å². The quantitative estimate of drug-likeness (QED) is 0.687. The van der Waals surface area contributed by atoms with Gasteiger partial charge in [0.15, 0.2) is 0 Å². The molecule has 5 nitrogen and oxygen atoms in total. The Kier molecular flexibility index (Phi) is 6.79. The Hall–Kier alpha value is -2.54. The van der Waals surface area contributed by atoms with Crippen LogP contribution in [0.3, 0.4) is 0 Å². The van der Waals surface area contributed by atoms with Gasteiger partial charge >= 0.3 is 0 Å². The lowest BCUT2D eigenvalue weighted by molar-refractivity contribution is -0.0421. The van der Waals surface area contributed by atoms with Crippen molar-refractivity contribution in [3.63, 3.8) is 0 Å². The largest absolute Gasteiger partial charge is 0.372 e. The monoisotopic (exact) mass is 401 g/mol. The van der Waals surface area contributed by atoms with Crippen molar-refractivity contribution in [3.8, 4) is 0 Å². The summed E-state index contributed by atoms with van der Waals surface area (Å²) in [4.78, 5) is 10.4. The zero-order chi connectivity index (χ0) is 20.9. The summed E-state index contributed by atoms with van der Waals surface area (Å²) in [7, 11) is 1.80. The molecule has 0 atom stereocenters. The van der Waals surface area contributed by atoms with Crippen molar-refractivity contribution in [2.75, 3.05) is 37.3 Å². The van der Waals surface area contributed by atoms with Gasteiger partial charge in [0.1, 0.15) is 18.0 Å². The number of hydrogen-bond acceptors (Lipinski definition) is 5. The number of likely N-dealkylation sites (tertiary alicyclic amines) is 1. The van der Waals surface area contributed by atoms with E-state index in [1.54, 1.807) is 37.4 Å². The van der Waals surface area contributed by atoms with E-state index in [9.17, 15) is 8.78 Å². The molecule has 2 heterocycles. The van der Waals surface area contributed by atoms with Crippen LogP contribution in [0, 0.1) is 0 Å². The van der Waals surface area contributed by atoms with Gasteiger partial charge in [0, 0.05) is 31.7 Å². The van der Waals surface area contributed by atoms with E-state index in [0.29, 0.717) is 18.9 Å². The van der Waals surface area contributed by atoms with E-state index in [1.165, 1.54) is 6.33 Å². The molecule has 2 aromatic rings. The van der Waals surface area contributed by atoms with Gasteiger partial charge in [-0.2, -0.15) is 8.78 Å². The normalized spacial score (nSPS) is 15.9. The Morgan fingerprint density at radius 3 is 2.41 bits per heavy atom. The summed E-state index contributed by atoms with van der Waals surface area (Å²) < 4.78 is 29.4. The summed E-state index contributed by atoms with van der Waals surface area (Å²) in [5, 5.41) is 6.45. The van der Waals surface area contributed by atoms with Gasteiger partial charge in [-0.15, -0.1) is 0 Å². The fourth-order valence-corrected chi connectivity index (χ4v) is 3.69. The van der Waals surface area contributed by atoms with Crippen LogP contribution in [-0.2, 0) is 12.3 Å². The summed E-state index contributed by atoms with van der Waals surface area (Å²) in [6, 6.07) is 6.87. The van der Waals surface area contributed by atoms with Crippen LogP contribution in [0.15, 0.2) is 37.2 Å². The van der Waals surface area contributed by atoms with Crippen LogP contribution in [0.2, 0.25) is 0 Å². The highest BCUT2D eigenvalue weighted by Crippen LogP contribution is 2.31. The maximum absolute atomic E-state index is 14.7. The first-order chi connectivity index (χ1) is 14.0. The van der Waals surface area contributed by atoms with Gasteiger partial charge in [-0.05, 0) is 24.8 Å². The molecule has 1 aliphatic rings. The third-order valence-corrected chi connectivity index (χ3v) is 5.46. The number of benzene rings is 1. The lowest BCUT2D eigenvalue weighted by Crippen LogP contribution is -2.43. The average Bonchev–Trinajstić information content (AvgIpc) is 2.74. The van der Waals surface area contributed by atoms with E-state index < -0.39 is 5.92 Å². The first-order valence-electron chi connectivity index (χ1n) is 10.1. The van der Waals surface area contributed by atoms with E-state index in [2.05, 4.69) is 27.2 Å².